The number of nitrogens with zero attached hydrogens (tertiary/aromatic N) is 4. The summed E-state index contributed by atoms with van der Waals surface area (Å²) in [6.45, 7) is 4.31. The van der Waals surface area contributed by atoms with Crippen molar-refractivity contribution in [1.29, 1.82) is 0 Å². The Morgan fingerprint density at radius 3 is 3.00 bits per heavy atom. The van der Waals surface area contributed by atoms with Gasteiger partial charge in [0.15, 0.2) is 0 Å². The molecule has 0 bridgehead atoms. The summed E-state index contributed by atoms with van der Waals surface area (Å²) < 4.78 is 5.25. The number of aromatic nitrogens is 3. The molecule has 0 aromatic carbocycles. The van der Waals surface area contributed by atoms with Crippen LogP contribution in [0, 0.1) is 5.92 Å². The molecule has 7 nitrogen and oxygen atoms in total. The lowest BCUT2D eigenvalue weighted by atomic mass is 10.1. The highest BCUT2D eigenvalue weighted by Gasteiger charge is 2.24. The number of aliphatic hydroxyl groups excluding tert-OH is 1. The second-order valence-corrected chi connectivity index (χ2v) is 4.32. The van der Waals surface area contributed by atoms with Gasteiger partial charge in [0.05, 0.1) is 6.61 Å². The topological polar surface area (TPSA) is 97.4 Å². The van der Waals surface area contributed by atoms with Crippen molar-refractivity contribution in [2.75, 3.05) is 36.9 Å². The summed E-state index contributed by atoms with van der Waals surface area (Å²) >= 11 is 0. The molecule has 1 atom stereocenters. The number of aliphatic hydroxyl groups is 1. The van der Waals surface area contributed by atoms with Crippen molar-refractivity contribution in [1.82, 2.24) is 15.0 Å². The lowest BCUT2D eigenvalue weighted by Gasteiger charge is -2.16. The van der Waals surface area contributed by atoms with Crippen LogP contribution >= 0.6 is 0 Å². The summed E-state index contributed by atoms with van der Waals surface area (Å²) in [5.74, 6) is 1.23. The molecule has 2 rings (SSSR count). The summed E-state index contributed by atoms with van der Waals surface area (Å²) in [6, 6.07) is 0.269. The molecule has 1 aliphatic heterocycles. The second-order valence-electron chi connectivity index (χ2n) is 4.32. The Morgan fingerprint density at radius 2 is 2.28 bits per heavy atom. The van der Waals surface area contributed by atoms with Gasteiger partial charge in [0.2, 0.25) is 11.9 Å². The van der Waals surface area contributed by atoms with Crippen LogP contribution in [-0.2, 0) is 0 Å². The summed E-state index contributed by atoms with van der Waals surface area (Å²) in [5, 5.41) is 8.94. The predicted molar refractivity (Wildman–Crippen MR) is 67.4 cm³/mol. The molecule has 1 saturated heterocycles. The normalized spacial score (nSPS) is 19.2. The Morgan fingerprint density at radius 1 is 1.44 bits per heavy atom. The van der Waals surface area contributed by atoms with E-state index in [9.17, 15) is 0 Å². The summed E-state index contributed by atoms with van der Waals surface area (Å²) in [6.07, 6.45) is 1.85. The van der Waals surface area contributed by atoms with E-state index in [0.717, 1.165) is 25.9 Å². The van der Waals surface area contributed by atoms with Crippen molar-refractivity contribution < 1.29 is 9.84 Å². The number of anilines is 2. The van der Waals surface area contributed by atoms with Crippen molar-refractivity contribution in [3.63, 3.8) is 0 Å². The average molecular weight is 253 g/mol. The predicted octanol–water partition coefficient (Wildman–Crippen LogP) is 0.0612. The number of rotatable bonds is 5. The third-order valence-corrected chi connectivity index (χ3v) is 3.00. The Balaban J connectivity index is 2.08. The Labute approximate surface area is 106 Å². The first-order valence-corrected chi connectivity index (χ1v) is 6.23. The molecule has 0 saturated carbocycles. The minimum Gasteiger partial charge on any atom is -0.464 e. The van der Waals surface area contributed by atoms with Crippen molar-refractivity contribution in [3.8, 4) is 6.01 Å². The van der Waals surface area contributed by atoms with E-state index in [2.05, 4.69) is 19.9 Å². The second kappa shape index (κ2) is 5.81. The largest absolute Gasteiger partial charge is 0.464 e. The van der Waals surface area contributed by atoms with Crippen LogP contribution in [0.1, 0.15) is 19.8 Å². The molecule has 1 aromatic heterocycles. The molecule has 1 aliphatic rings. The molecule has 1 unspecified atom stereocenters. The van der Waals surface area contributed by atoms with E-state index in [4.69, 9.17) is 15.6 Å². The summed E-state index contributed by atoms with van der Waals surface area (Å²) in [5.41, 5.74) is 5.64. The first kappa shape index (κ1) is 12.8. The van der Waals surface area contributed by atoms with E-state index in [1.165, 1.54) is 0 Å². The van der Waals surface area contributed by atoms with Gasteiger partial charge < -0.3 is 20.5 Å². The SMILES string of the molecule is CCOc1nc(N)nc(N2CCC(CCO)C2)n1. The molecule has 3 N–H and O–H groups in total. The van der Waals surface area contributed by atoms with Gasteiger partial charge in [0, 0.05) is 19.7 Å². The molecule has 18 heavy (non-hydrogen) atoms. The summed E-state index contributed by atoms with van der Waals surface area (Å²) in [7, 11) is 0. The molecule has 0 radical (unpaired) electrons. The van der Waals surface area contributed by atoms with Gasteiger partial charge >= 0.3 is 6.01 Å². The van der Waals surface area contributed by atoms with Crippen LogP contribution < -0.4 is 15.4 Å². The standard InChI is InChI=1S/C11H19N5O2/c1-2-18-11-14-9(12)13-10(15-11)16-5-3-8(7-16)4-6-17/h8,17H,2-7H2,1H3,(H2,12,13,14,15). The molecule has 100 valence electrons. The summed E-state index contributed by atoms with van der Waals surface area (Å²) in [4.78, 5) is 14.3. The van der Waals surface area contributed by atoms with Gasteiger partial charge in [-0.05, 0) is 25.7 Å². The fourth-order valence-electron chi connectivity index (χ4n) is 2.13. The van der Waals surface area contributed by atoms with Crippen molar-refractivity contribution in [2.24, 2.45) is 5.92 Å². The zero-order valence-corrected chi connectivity index (χ0v) is 10.5. The van der Waals surface area contributed by atoms with Crippen molar-refractivity contribution in [3.05, 3.63) is 0 Å². The maximum Gasteiger partial charge on any atom is 0.323 e. The monoisotopic (exact) mass is 253 g/mol. The number of hydrogen-bond donors (Lipinski definition) is 2. The van der Waals surface area contributed by atoms with Crippen molar-refractivity contribution >= 4 is 11.9 Å². The van der Waals surface area contributed by atoms with Crippen LogP contribution in [0.5, 0.6) is 6.01 Å². The van der Waals surface area contributed by atoms with E-state index in [-0.39, 0.29) is 18.6 Å². The quantitative estimate of drug-likeness (QED) is 0.765. The highest BCUT2D eigenvalue weighted by molar-refractivity contribution is 5.37. The van der Waals surface area contributed by atoms with E-state index in [1.54, 1.807) is 0 Å². The molecule has 0 spiro atoms. The zero-order chi connectivity index (χ0) is 13.0. The molecular formula is C11H19N5O2. The van der Waals surface area contributed by atoms with Crippen LogP contribution in [0.4, 0.5) is 11.9 Å². The number of nitrogens with two attached hydrogens (primary N) is 1. The van der Waals surface area contributed by atoms with Crippen LogP contribution in [0.25, 0.3) is 0 Å². The zero-order valence-electron chi connectivity index (χ0n) is 10.5. The lowest BCUT2D eigenvalue weighted by Crippen LogP contribution is -2.23. The van der Waals surface area contributed by atoms with Gasteiger partial charge in [-0.25, -0.2) is 0 Å². The smallest absolute Gasteiger partial charge is 0.323 e. The highest BCUT2D eigenvalue weighted by Crippen LogP contribution is 2.24. The van der Waals surface area contributed by atoms with E-state index >= 15 is 0 Å². The maximum atomic E-state index is 8.94. The van der Waals surface area contributed by atoms with Crippen LogP contribution in [-0.4, -0.2) is 46.4 Å². The molecular weight excluding hydrogens is 234 g/mol. The Bertz CT molecular complexity index is 401. The number of nitrogen functional groups attached to an aromatic ring is 1. The van der Waals surface area contributed by atoms with Gasteiger partial charge in [-0.15, -0.1) is 0 Å². The molecule has 2 heterocycles. The number of ether oxygens (including phenoxy) is 1. The third kappa shape index (κ3) is 2.98. The molecule has 0 aliphatic carbocycles. The van der Waals surface area contributed by atoms with Gasteiger partial charge in [-0.3, -0.25) is 0 Å². The fraction of sp³-hybridized carbons (Fsp3) is 0.727. The number of hydrogen-bond acceptors (Lipinski definition) is 7. The van der Waals surface area contributed by atoms with Crippen LogP contribution in [0.15, 0.2) is 0 Å². The molecule has 7 heteroatoms. The molecule has 1 aromatic rings. The Hall–Kier alpha value is -1.63. The van der Waals surface area contributed by atoms with Gasteiger partial charge in [0.1, 0.15) is 0 Å². The minimum absolute atomic E-state index is 0.175. The first-order chi connectivity index (χ1) is 8.72. The maximum absolute atomic E-state index is 8.94. The molecule has 0 amide bonds. The highest BCUT2D eigenvalue weighted by atomic mass is 16.5. The van der Waals surface area contributed by atoms with E-state index in [1.807, 2.05) is 6.92 Å². The van der Waals surface area contributed by atoms with Gasteiger partial charge in [-0.2, -0.15) is 15.0 Å². The van der Waals surface area contributed by atoms with Gasteiger partial charge in [-0.1, -0.05) is 0 Å². The average Bonchev–Trinajstić information content (AvgIpc) is 2.78. The fourth-order valence-corrected chi connectivity index (χ4v) is 2.13. The van der Waals surface area contributed by atoms with Crippen molar-refractivity contribution in [2.45, 2.75) is 19.8 Å². The first-order valence-electron chi connectivity index (χ1n) is 6.23. The Kier molecular flexibility index (Phi) is 4.14. The lowest BCUT2D eigenvalue weighted by molar-refractivity contribution is 0.263. The molecule has 1 fully saturated rings. The van der Waals surface area contributed by atoms with E-state index in [0.29, 0.717) is 18.5 Å². The minimum atomic E-state index is 0.175. The van der Waals surface area contributed by atoms with Crippen LogP contribution in [0.3, 0.4) is 0 Å². The third-order valence-electron chi connectivity index (χ3n) is 3.00. The van der Waals surface area contributed by atoms with Gasteiger partial charge in [0.25, 0.3) is 0 Å². The van der Waals surface area contributed by atoms with Crippen LogP contribution in [0.2, 0.25) is 0 Å². The van der Waals surface area contributed by atoms with E-state index < -0.39 is 0 Å².